The molecule has 6 nitrogen and oxygen atoms in total. The van der Waals surface area contributed by atoms with Crippen LogP contribution in [0.3, 0.4) is 0 Å². The highest BCUT2D eigenvalue weighted by Gasteiger charge is 2.16. The number of hydrogen-bond acceptors (Lipinski definition) is 5. The molecule has 0 spiro atoms. The maximum absolute atomic E-state index is 12.7. The van der Waals surface area contributed by atoms with Crippen molar-refractivity contribution in [3.05, 3.63) is 89.0 Å². The molecule has 35 heavy (non-hydrogen) atoms. The summed E-state index contributed by atoms with van der Waals surface area (Å²) in [6.07, 6.45) is 0. The van der Waals surface area contributed by atoms with E-state index in [0.717, 1.165) is 48.6 Å². The van der Waals surface area contributed by atoms with E-state index in [-0.39, 0.29) is 11.7 Å². The van der Waals surface area contributed by atoms with Crippen LogP contribution in [0, 0.1) is 0 Å². The molecular weight excluding hydrogens is 438 g/mol. The number of nitrogens with zero attached hydrogens (tertiary/aromatic N) is 1. The van der Waals surface area contributed by atoms with Crippen LogP contribution in [0.5, 0.6) is 5.75 Å². The minimum atomic E-state index is -0.210. The first-order valence-corrected chi connectivity index (χ1v) is 12.0. The lowest BCUT2D eigenvalue weighted by Gasteiger charge is -2.31. The molecule has 1 atom stereocenters. The molecule has 3 aromatic carbocycles. The summed E-state index contributed by atoms with van der Waals surface area (Å²) < 4.78 is 5.65. The second kappa shape index (κ2) is 11.3. The van der Waals surface area contributed by atoms with Crippen molar-refractivity contribution in [1.82, 2.24) is 15.5 Å². The second-order valence-electron chi connectivity index (χ2n) is 9.14. The first-order valence-electron chi connectivity index (χ1n) is 12.0. The molecule has 1 aliphatic rings. The average molecular weight is 472 g/mol. The van der Waals surface area contributed by atoms with Gasteiger partial charge in [0.05, 0.1) is 7.11 Å². The van der Waals surface area contributed by atoms with Crippen molar-refractivity contribution in [3.8, 4) is 16.9 Å². The van der Waals surface area contributed by atoms with Crippen LogP contribution < -0.4 is 15.4 Å². The van der Waals surface area contributed by atoms with Crippen molar-refractivity contribution in [1.29, 1.82) is 0 Å². The van der Waals surface area contributed by atoms with E-state index in [0.29, 0.717) is 23.7 Å². The highest BCUT2D eigenvalue weighted by molar-refractivity contribution is 5.99. The highest BCUT2D eigenvalue weighted by atomic mass is 16.5. The molecule has 6 heteroatoms. The summed E-state index contributed by atoms with van der Waals surface area (Å²) >= 11 is 0. The van der Waals surface area contributed by atoms with E-state index >= 15 is 0 Å². The number of methoxy groups -OCH3 is 1. The average Bonchev–Trinajstić information content (AvgIpc) is 2.87. The summed E-state index contributed by atoms with van der Waals surface area (Å²) in [4.78, 5) is 26.8. The molecule has 0 saturated carbocycles. The molecule has 1 aliphatic heterocycles. The fourth-order valence-corrected chi connectivity index (χ4v) is 4.51. The molecule has 182 valence electrons. The number of ketones is 1. The summed E-state index contributed by atoms with van der Waals surface area (Å²) in [6.45, 7) is 8.10. The Morgan fingerprint density at radius 3 is 2.60 bits per heavy atom. The van der Waals surface area contributed by atoms with E-state index in [9.17, 15) is 9.59 Å². The number of piperazine rings is 1. The minimum Gasteiger partial charge on any atom is -0.496 e. The van der Waals surface area contributed by atoms with Crippen molar-refractivity contribution in [3.63, 3.8) is 0 Å². The Labute approximate surface area is 207 Å². The molecule has 2 N–H and O–H groups in total. The van der Waals surface area contributed by atoms with Gasteiger partial charge < -0.3 is 15.4 Å². The van der Waals surface area contributed by atoms with Gasteiger partial charge in [0.1, 0.15) is 5.75 Å². The first kappa shape index (κ1) is 24.6. The Morgan fingerprint density at radius 2 is 1.83 bits per heavy atom. The molecule has 0 radical (unpaired) electrons. The molecule has 0 aromatic heterocycles. The Hall–Kier alpha value is -3.48. The van der Waals surface area contributed by atoms with Gasteiger partial charge in [-0.25, -0.2) is 0 Å². The maximum Gasteiger partial charge on any atom is 0.251 e. The quantitative estimate of drug-likeness (QED) is 0.480. The number of carbonyl (C=O) groups is 2. The van der Waals surface area contributed by atoms with Gasteiger partial charge in [0.15, 0.2) is 5.78 Å². The van der Waals surface area contributed by atoms with Crippen LogP contribution in [-0.4, -0.2) is 49.4 Å². The topological polar surface area (TPSA) is 70.7 Å². The molecule has 0 bridgehead atoms. The molecule has 0 aliphatic carbocycles. The third-order valence-electron chi connectivity index (χ3n) is 6.35. The summed E-state index contributed by atoms with van der Waals surface area (Å²) in [5, 5.41) is 6.45. The minimum absolute atomic E-state index is 0.0619. The molecule has 1 amide bonds. The van der Waals surface area contributed by atoms with E-state index < -0.39 is 0 Å². The van der Waals surface area contributed by atoms with Crippen molar-refractivity contribution in [2.45, 2.75) is 33.0 Å². The molecule has 3 aromatic rings. The Kier molecular flexibility index (Phi) is 7.95. The number of benzene rings is 3. The predicted octanol–water partition coefficient (Wildman–Crippen LogP) is 4.29. The van der Waals surface area contributed by atoms with Crippen LogP contribution in [0.15, 0.2) is 66.7 Å². The van der Waals surface area contributed by atoms with E-state index in [1.807, 2.05) is 12.1 Å². The van der Waals surface area contributed by atoms with Crippen molar-refractivity contribution in [2.24, 2.45) is 0 Å². The van der Waals surface area contributed by atoms with Crippen LogP contribution in [0.4, 0.5) is 0 Å². The molecular formula is C29H33N3O3. The number of nitrogens with one attached hydrogen (secondary N) is 2. The van der Waals surface area contributed by atoms with Gasteiger partial charge in [0, 0.05) is 55.5 Å². The van der Waals surface area contributed by atoms with Gasteiger partial charge in [0.2, 0.25) is 0 Å². The van der Waals surface area contributed by atoms with Crippen molar-refractivity contribution < 1.29 is 14.3 Å². The number of ether oxygens (including phenoxy) is 1. The molecule has 1 saturated heterocycles. The normalized spacial score (nSPS) is 16.0. The zero-order valence-electron chi connectivity index (χ0n) is 20.6. The fourth-order valence-electron chi connectivity index (χ4n) is 4.51. The predicted molar refractivity (Wildman–Crippen MR) is 139 cm³/mol. The van der Waals surface area contributed by atoms with Gasteiger partial charge in [0.25, 0.3) is 5.91 Å². The number of hydrogen-bond donors (Lipinski definition) is 2. The van der Waals surface area contributed by atoms with E-state index in [2.05, 4.69) is 52.8 Å². The van der Waals surface area contributed by atoms with Crippen LogP contribution in [-0.2, 0) is 13.1 Å². The Morgan fingerprint density at radius 1 is 1.03 bits per heavy atom. The van der Waals surface area contributed by atoms with E-state index in [4.69, 9.17) is 4.74 Å². The Bertz CT molecular complexity index is 1210. The monoisotopic (exact) mass is 471 g/mol. The lowest BCUT2D eigenvalue weighted by molar-refractivity contribution is 0.0951. The number of carbonyl (C=O) groups excluding carboxylic acids is 2. The van der Waals surface area contributed by atoms with Gasteiger partial charge >= 0.3 is 0 Å². The molecule has 1 fully saturated rings. The zero-order chi connectivity index (χ0) is 24.8. The van der Waals surface area contributed by atoms with Crippen LogP contribution >= 0.6 is 0 Å². The van der Waals surface area contributed by atoms with Crippen molar-refractivity contribution >= 4 is 11.7 Å². The lowest BCUT2D eigenvalue weighted by atomic mass is 9.99. The third kappa shape index (κ3) is 6.35. The van der Waals surface area contributed by atoms with Crippen LogP contribution in [0.2, 0.25) is 0 Å². The summed E-state index contributed by atoms with van der Waals surface area (Å²) in [5.41, 5.74) is 5.32. The first-order chi connectivity index (χ1) is 16.9. The maximum atomic E-state index is 12.7. The van der Waals surface area contributed by atoms with Crippen LogP contribution in [0.1, 0.15) is 45.7 Å². The van der Waals surface area contributed by atoms with Crippen LogP contribution in [0.25, 0.3) is 11.1 Å². The summed E-state index contributed by atoms with van der Waals surface area (Å²) in [5.74, 6) is 0.521. The van der Waals surface area contributed by atoms with Crippen molar-refractivity contribution in [2.75, 3.05) is 26.7 Å². The van der Waals surface area contributed by atoms with Gasteiger partial charge in [-0.1, -0.05) is 36.4 Å². The van der Waals surface area contributed by atoms with Gasteiger partial charge in [-0.05, 0) is 60.9 Å². The zero-order valence-corrected chi connectivity index (χ0v) is 20.6. The summed E-state index contributed by atoms with van der Waals surface area (Å²) in [6, 6.07) is 21.8. The Balaban J connectivity index is 1.49. The SMILES string of the molecule is COc1ccc(CNC(=O)c2cccc(C(C)=O)c2)cc1-c1cccc(CN2CCN[C@@H](C)C2)c1. The van der Waals surface area contributed by atoms with Gasteiger partial charge in [-0.15, -0.1) is 0 Å². The number of Topliss-reactive ketones (excluding diaryl/α,β-unsaturated/α-hetero) is 1. The third-order valence-corrected chi connectivity index (χ3v) is 6.35. The second-order valence-corrected chi connectivity index (χ2v) is 9.14. The lowest BCUT2D eigenvalue weighted by Crippen LogP contribution is -2.48. The number of rotatable bonds is 8. The van der Waals surface area contributed by atoms with Gasteiger partial charge in [-0.3, -0.25) is 14.5 Å². The standard InChI is InChI=1S/C29H33N3O3/c1-20-18-32(13-12-30-20)19-23-6-4-8-25(14-23)27-15-22(10-11-28(27)35-3)17-31-29(34)26-9-5-7-24(16-26)21(2)33/h4-11,14-16,20,30H,12-13,17-19H2,1-3H3,(H,31,34)/t20-/m0/s1. The highest BCUT2D eigenvalue weighted by Crippen LogP contribution is 2.32. The molecule has 1 heterocycles. The molecule has 0 unspecified atom stereocenters. The largest absolute Gasteiger partial charge is 0.496 e. The number of amides is 1. The van der Waals surface area contributed by atoms with E-state index in [1.165, 1.54) is 12.5 Å². The van der Waals surface area contributed by atoms with Gasteiger partial charge in [-0.2, -0.15) is 0 Å². The molecule has 4 rings (SSSR count). The smallest absolute Gasteiger partial charge is 0.251 e. The van der Waals surface area contributed by atoms with E-state index in [1.54, 1.807) is 31.4 Å². The fraction of sp³-hybridized carbons (Fsp3) is 0.310. The summed E-state index contributed by atoms with van der Waals surface area (Å²) in [7, 11) is 1.67.